The van der Waals surface area contributed by atoms with Crippen LogP contribution in [0.3, 0.4) is 0 Å². The zero-order valence-electron chi connectivity index (χ0n) is 12.7. The smallest absolute Gasteiger partial charge is 0.160 e. The Morgan fingerprint density at radius 3 is 2.25 bits per heavy atom. The van der Waals surface area contributed by atoms with Crippen LogP contribution in [0.5, 0.6) is 0 Å². The van der Waals surface area contributed by atoms with E-state index in [0.29, 0.717) is 5.84 Å². The lowest BCUT2D eigenvalue weighted by molar-refractivity contribution is 0.243. The zero-order valence-corrected chi connectivity index (χ0v) is 12.7. The molecule has 1 fully saturated rings. The van der Waals surface area contributed by atoms with Crippen LogP contribution in [0, 0.1) is 5.41 Å². The van der Waals surface area contributed by atoms with Gasteiger partial charge in [-0.05, 0) is 38.4 Å². The Hall–Kier alpha value is -1.92. The van der Waals surface area contributed by atoms with E-state index in [1.54, 1.807) is 5.01 Å². The number of aliphatic imine (C=N–C) groups is 1. The Labute approximate surface area is 120 Å². The van der Waals surface area contributed by atoms with Crippen molar-refractivity contribution >= 4 is 22.9 Å². The molecule has 1 aromatic carbocycles. The molecule has 0 radical (unpaired) electrons. The van der Waals surface area contributed by atoms with E-state index in [4.69, 9.17) is 5.41 Å². The Morgan fingerprint density at radius 2 is 1.75 bits per heavy atom. The minimum atomic E-state index is -0.0685. The molecule has 1 atom stereocenters. The quantitative estimate of drug-likeness (QED) is 0.868. The van der Waals surface area contributed by atoms with Crippen molar-refractivity contribution in [3.63, 3.8) is 0 Å². The van der Waals surface area contributed by atoms with Gasteiger partial charge in [0, 0.05) is 26.8 Å². The number of anilines is 1. The van der Waals surface area contributed by atoms with Gasteiger partial charge in [-0.2, -0.15) is 0 Å². The Morgan fingerprint density at radius 1 is 1.15 bits per heavy atom. The number of hydrazine groups is 1. The molecule has 0 saturated carbocycles. The predicted molar refractivity (Wildman–Crippen MR) is 84.0 cm³/mol. The fourth-order valence-corrected chi connectivity index (χ4v) is 2.05. The molecule has 1 unspecified atom stereocenters. The molecule has 2 N–H and O–H groups in total. The van der Waals surface area contributed by atoms with E-state index < -0.39 is 0 Å². The fraction of sp³-hybridized carbons (Fsp3) is 0.429. The van der Waals surface area contributed by atoms with Gasteiger partial charge < -0.3 is 4.90 Å². The van der Waals surface area contributed by atoms with Crippen LogP contribution in [0.25, 0.3) is 0 Å². The highest BCUT2D eigenvalue weighted by Gasteiger charge is 2.32. The summed E-state index contributed by atoms with van der Waals surface area (Å²) in [7, 11) is 9.78. The summed E-state index contributed by atoms with van der Waals surface area (Å²) in [6.07, 6.45) is -0.0685. The lowest BCUT2D eigenvalue weighted by Crippen LogP contribution is -2.43. The molecule has 2 rings (SSSR count). The van der Waals surface area contributed by atoms with Crippen molar-refractivity contribution < 1.29 is 0 Å². The standard InChI is InChI=1S/C14H22N6/c1-18(2)11-8-6-10(7-9-11)16-12-13(15)20(5)17-14(12)19(3)4/h6-9,14-15,17H,1-5H3. The van der Waals surface area contributed by atoms with Crippen molar-refractivity contribution in [2.24, 2.45) is 4.99 Å². The molecule has 1 saturated heterocycles. The average molecular weight is 274 g/mol. The minimum Gasteiger partial charge on any atom is -0.378 e. The maximum Gasteiger partial charge on any atom is 0.160 e. The number of hydrogen-bond donors (Lipinski definition) is 2. The molecule has 20 heavy (non-hydrogen) atoms. The Bertz CT molecular complexity index is 517. The largest absolute Gasteiger partial charge is 0.378 e. The summed E-state index contributed by atoms with van der Waals surface area (Å²) in [5.41, 5.74) is 5.92. The first kappa shape index (κ1) is 14.5. The maximum atomic E-state index is 8.09. The molecule has 1 aliphatic rings. The number of benzene rings is 1. The summed E-state index contributed by atoms with van der Waals surface area (Å²) in [6, 6.07) is 8.00. The molecule has 1 aliphatic heterocycles. The number of amidine groups is 1. The van der Waals surface area contributed by atoms with E-state index >= 15 is 0 Å². The predicted octanol–water partition coefficient (Wildman–Crippen LogP) is 1.14. The van der Waals surface area contributed by atoms with E-state index in [-0.39, 0.29) is 6.17 Å². The number of nitrogens with zero attached hydrogens (tertiary/aromatic N) is 4. The van der Waals surface area contributed by atoms with E-state index in [1.807, 2.05) is 69.3 Å². The summed E-state index contributed by atoms with van der Waals surface area (Å²) in [5, 5.41) is 9.79. The highest BCUT2D eigenvalue weighted by atomic mass is 15.6. The van der Waals surface area contributed by atoms with E-state index in [1.165, 1.54) is 0 Å². The second-order valence-electron chi connectivity index (χ2n) is 5.31. The highest BCUT2D eigenvalue weighted by molar-refractivity contribution is 6.43. The highest BCUT2D eigenvalue weighted by Crippen LogP contribution is 2.20. The first-order chi connectivity index (χ1) is 9.40. The zero-order chi connectivity index (χ0) is 14.9. The Balaban J connectivity index is 2.30. The molecular weight excluding hydrogens is 252 g/mol. The molecule has 1 aromatic rings. The van der Waals surface area contributed by atoms with E-state index in [2.05, 4.69) is 10.4 Å². The summed E-state index contributed by atoms with van der Waals surface area (Å²) < 4.78 is 0. The van der Waals surface area contributed by atoms with Gasteiger partial charge >= 0.3 is 0 Å². The van der Waals surface area contributed by atoms with Crippen molar-refractivity contribution in [2.75, 3.05) is 40.1 Å². The maximum absolute atomic E-state index is 8.09. The third-order valence-corrected chi connectivity index (χ3v) is 3.29. The topological polar surface area (TPSA) is 58.0 Å². The second-order valence-corrected chi connectivity index (χ2v) is 5.31. The third kappa shape index (κ3) is 2.81. The van der Waals surface area contributed by atoms with Gasteiger partial charge in [-0.25, -0.2) is 10.4 Å². The van der Waals surface area contributed by atoms with Gasteiger partial charge in [-0.3, -0.25) is 15.3 Å². The van der Waals surface area contributed by atoms with Crippen molar-refractivity contribution in [2.45, 2.75) is 6.17 Å². The van der Waals surface area contributed by atoms with Gasteiger partial charge in [0.1, 0.15) is 11.9 Å². The SMILES string of the molecule is CN1NC(N(C)C)C(=Nc2ccc(N(C)C)cc2)C1=N. The normalized spacial score (nSPS) is 21.1. The molecular formula is C14H22N6. The van der Waals surface area contributed by atoms with Crippen LogP contribution in [0.2, 0.25) is 0 Å². The first-order valence-electron chi connectivity index (χ1n) is 6.51. The molecule has 0 aromatic heterocycles. The molecule has 108 valence electrons. The average Bonchev–Trinajstić information content (AvgIpc) is 2.68. The van der Waals surface area contributed by atoms with Gasteiger partial charge in [0.25, 0.3) is 0 Å². The van der Waals surface area contributed by atoms with Gasteiger partial charge in [0.15, 0.2) is 5.84 Å². The number of hydrogen-bond acceptors (Lipinski definition) is 5. The lowest BCUT2D eigenvalue weighted by atomic mass is 10.2. The van der Waals surface area contributed by atoms with Gasteiger partial charge in [0.05, 0.1) is 5.69 Å². The van der Waals surface area contributed by atoms with Gasteiger partial charge in [-0.15, -0.1) is 0 Å². The molecule has 0 aliphatic carbocycles. The minimum absolute atomic E-state index is 0.0685. The van der Waals surface area contributed by atoms with Gasteiger partial charge in [-0.1, -0.05) is 0 Å². The molecule has 0 bridgehead atoms. The van der Waals surface area contributed by atoms with Crippen LogP contribution in [-0.4, -0.2) is 62.9 Å². The number of rotatable bonds is 3. The summed E-state index contributed by atoms with van der Waals surface area (Å²) in [5.74, 6) is 0.403. The van der Waals surface area contributed by atoms with Crippen LogP contribution in [0.15, 0.2) is 29.3 Å². The second kappa shape index (κ2) is 5.60. The summed E-state index contributed by atoms with van der Waals surface area (Å²) in [4.78, 5) is 8.67. The van der Waals surface area contributed by atoms with Crippen LogP contribution in [0.1, 0.15) is 0 Å². The van der Waals surface area contributed by atoms with Gasteiger partial charge in [0.2, 0.25) is 0 Å². The molecule has 6 heteroatoms. The van der Waals surface area contributed by atoms with Crippen molar-refractivity contribution in [1.29, 1.82) is 5.41 Å². The van der Waals surface area contributed by atoms with Crippen LogP contribution >= 0.6 is 0 Å². The summed E-state index contributed by atoms with van der Waals surface area (Å²) in [6.45, 7) is 0. The van der Waals surface area contributed by atoms with Crippen LogP contribution in [-0.2, 0) is 0 Å². The number of nitrogens with one attached hydrogen (secondary N) is 2. The first-order valence-corrected chi connectivity index (χ1v) is 6.51. The van der Waals surface area contributed by atoms with Crippen molar-refractivity contribution in [1.82, 2.24) is 15.3 Å². The fourth-order valence-electron chi connectivity index (χ4n) is 2.05. The van der Waals surface area contributed by atoms with Crippen molar-refractivity contribution in [3.05, 3.63) is 24.3 Å². The monoisotopic (exact) mass is 274 g/mol. The van der Waals surface area contributed by atoms with Crippen LogP contribution in [0.4, 0.5) is 11.4 Å². The molecule has 0 amide bonds. The van der Waals surface area contributed by atoms with E-state index in [9.17, 15) is 0 Å². The van der Waals surface area contributed by atoms with Crippen molar-refractivity contribution in [3.8, 4) is 0 Å². The third-order valence-electron chi connectivity index (χ3n) is 3.29. The van der Waals surface area contributed by atoms with Crippen LogP contribution < -0.4 is 10.3 Å². The van der Waals surface area contributed by atoms with E-state index in [0.717, 1.165) is 17.1 Å². The lowest BCUT2D eigenvalue weighted by Gasteiger charge is -2.19. The molecule has 1 heterocycles. The Kier molecular flexibility index (Phi) is 4.06. The summed E-state index contributed by atoms with van der Waals surface area (Å²) >= 11 is 0. The molecule has 0 spiro atoms. The molecule has 6 nitrogen and oxygen atoms in total.